The Balaban J connectivity index is 2.45. The van der Waals surface area contributed by atoms with Crippen LogP contribution in [0.3, 0.4) is 0 Å². The van der Waals surface area contributed by atoms with Gasteiger partial charge in [-0.05, 0) is 18.3 Å². The molecule has 2 rings (SSSR count). The maximum atomic E-state index is 12.0. The number of methoxy groups -OCH3 is 3. The summed E-state index contributed by atoms with van der Waals surface area (Å²) in [5, 5.41) is 9.43. The van der Waals surface area contributed by atoms with E-state index in [0.29, 0.717) is 0 Å². The zero-order valence-electron chi connectivity index (χ0n) is 12.5. The van der Waals surface area contributed by atoms with Crippen LogP contribution in [-0.4, -0.2) is 50.3 Å². The van der Waals surface area contributed by atoms with Crippen molar-refractivity contribution in [3.05, 3.63) is 0 Å². The lowest BCUT2D eigenvalue weighted by Crippen LogP contribution is -2.48. The zero-order chi connectivity index (χ0) is 16.6. The average molecular weight is 314 g/mol. The van der Waals surface area contributed by atoms with Crippen LogP contribution in [0.1, 0.15) is 6.42 Å². The lowest BCUT2D eigenvalue weighted by Gasteiger charge is -2.35. The summed E-state index contributed by atoms with van der Waals surface area (Å²) >= 11 is 0. The molecule has 0 amide bonds. The fourth-order valence-electron chi connectivity index (χ4n) is 4.12. The zero-order valence-corrected chi connectivity index (χ0v) is 12.5. The minimum absolute atomic E-state index is 0.274. The Labute approximate surface area is 126 Å². The number of carbonyl (C=O) groups is 4. The van der Waals surface area contributed by atoms with E-state index in [1.807, 2.05) is 0 Å². The largest absolute Gasteiger partial charge is 0.481 e. The molecular weight excluding hydrogens is 296 g/mol. The molecule has 0 aromatic carbocycles. The predicted octanol–water partition coefficient (Wildman–Crippen LogP) is -0.295. The monoisotopic (exact) mass is 314 g/mol. The molecular formula is C14H18O8. The highest BCUT2D eigenvalue weighted by molar-refractivity contribution is 5.89. The average Bonchev–Trinajstić information content (AvgIpc) is 3.07. The first-order chi connectivity index (χ1) is 10.4. The Morgan fingerprint density at radius 2 is 1.05 bits per heavy atom. The van der Waals surface area contributed by atoms with E-state index in [1.165, 1.54) is 14.2 Å². The highest BCUT2D eigenvalue weighted by Gasteiger charge is 2.67. The first-order valence-electron chi connectivity index (χ1n) is 6.85. The van der Waals surface area contributed by atoms with Gasteiger partial charge in [0.2, 0.25) is 0 Å². The molecule has 0 radical (unpaired) electrons. The lowest BCUT2D eigenvalue weighted by molar-refractivity contribution is -0.172. The molecule has 8 nitrogen and oxygen atoms in total. The molecule has 0 spiro atoms. The Kier molecular flexibility index (Phi) is 4.39. The number of aliphatic carboxylic acids is 1. The van der Waals surface area contributed by atoms with Crippen LogP contribution in [0, 0.1) is 35.5 Å². The maximum absolute atomic E-state index is 12.0. The molecule has 2 aliphatic rings. The van der Waals surface area contributed by atoms with Gasteiger partial charge in [0.25, 0.3) is 0 Å². The number of fused-ring (bicyclic) bond motifs is 2. The van der Waals surface area contributed by atoms with Crippen molar-refractivity contribution in [3.63, 3.8) is 0 Å². The van der Waals surface area contributed by atoms with Crippen LogP contribution in [0.25, 0.3) is 0 Å². The molecule has 1 N–H and O–H groups in total. The SMILES string of the molecule is COC(=O)C1C2CC(C1C(=O)O)C(C(=O)OC)C2C(=O)OC. The second kappa shape index (κ2) is 5.94. The van der Waals surface area contributed by atoms with E-state index in [2.05, 4.69) is 4.74 Å². The second-order valence-corrected chi connectivity index (χ2v) is 5.57. The summed E-state index contributed by atoms with van der Waals surface area (Å²) in [6.45, 7) is 0. The summed E-state index contributed by atoms with van der Waals surface area (Å²) < 4.78 is 14.1. The van der Waals surface area contributed by atoms with E-state index in [0.717, 1.165) is 7.11 Å². The molecule has 0 aromatic rings. The van der Waals surface area contributed by atoms with Gasteiger partial charge in [-0.15, -0.1) is 0 Å². The van der Waals surface area contributed by atoms with Gasteiger partial charge in [-0.3, -0.25) is 19.2 Å². The van der Waals surface area contributed by atoms with Crippen LogP contribution in [-0.2, 0) is 33.4 Å². The molecule has 6 atom stereocenters. The minimum Gasteiger partial charge on any atom is -0.481 e. The van der Waals surface area contributed by atoms with Crippen LogP contribution in [0.4, 0.5) is 0 Å². The Morgan fingerprint density at radius 3 is 1.36 bits per heavy atom. The van der Waals surface area contributed by atoms with Gasteiger partial charge in [-0.2, -0.15) is 0 Å². The van der Waals surface area contributed by atoms with Crippen LogP contribution < -0.4 is 0 Å². The standard InChI is InChI=1S/C14H18O8/c1-20-12(17)8-6-4-5(7(8)11(15)16)9(13(18)21-2)10(6)14(19)22-3/h5-10H,4H2,1-3H3,(H,15,16). The highest BCUT2D eigenvalue weighted by Crippen LogP contribution is 2.59. The topological polar surface area (TPSA) is 116 Å². The van der Waals surface area contributed by atoms with Gasteiger partial charge in [-0.1, -0.05) is 0 Å². The number of hydrogen-bond acceptors (Lipinski definition) is 7. The Hall–Kier alpha value is -2.12. The molecule has 0 aromatic heterocycles. The number of rotatable bonds is 4. The van der Waals surface area contributed by atoms with Crippen LogP contribution in [0.2, 0.25) is 0 Å². The number of ether oxygens (including phenoxy) is 3. The van der Waals surface area contributed by atoms with E-state index in [4.69, 9.17) is 9.47 Å². The normalized spacial score (nSPS) is 35.8. The summed E-state index contributed by atoms with van der Waals surface area (Å²) in [6, 6.07) is 0. The quantitative estimate of drug-likeness (QED) is 0.555. The van der Waals surface area contributed by atoms with E-state index in [9.17, 15) is 24.3 Å². The maximum Gasteiger partial charge on any atom is 0.309 e. The summed E-state index contributed by atoms with van der Waals surface area (Å²) in [6.07, 6.45) is 0.274. The number of carboxylic acids is 1. The van der Waals surface area contributed by atoms with Gasteiger partial charge in [0, 0.05) is 0 Å². The molecule has 22 heavy (non-hydrogen) atoms. The highest BCUT2D eigenvalue weighted by atomic mass is 16.5. The van der Waals surface area contributed by atoms with E-state index in [1.54, 1.807) is 0 Å². The predicted molar refractivity (Wildman–Crippen MR) is 69.2 cm³/mol. The first-order valence-corrected chi connectivity index (χ1v) is 6.85. The Morgan fingerprint density at radius 1 is 0.727 bits per heavy atom. The van der Waals surface area contributed by atoms with Crippen molar-refractivity contribution in [3.8, 4) is 0 Å². The summed E-state index contributed by atoms with van der Waals surface area (Å²) in [5.41, 5.74) is 0. The number of carbonyl (C=O) groups excluding carboxylic acids is 3. The summed E-state index contributed by atoms with van der Waals surface area (Å²) in [4.78, 5) is 47.6. The Bertz CT molecular complexity index is 513. The number of hydrogen-bond donors (Lipinski definition) is 1. The number of esters is 3. The molecule has 0 aliphatic heterocycles. The van der Waals surface area contributed by atoms with Crippen molar-refractivity contribution in [2.75, 3.05) is 21.3 Å². The first kappa shape index (κ1) is 16.3. The van der Waals surface area contributed by atoms with Crippen molar-refractivity contribution >= 4 is 23.9 Å². The molecule has 0 saturated heterocycles. The van der Waals surface area contributed by atoms with Crippen LogP contribution >= 0.6 is 0 Å². The van der Waals surface area contributed by atoms with Gasteiger partial charge >= 0.3 is 23.9 Å². The molecule has 2 bridgehead atoms. The molecule has 2 fully saturated rings. The lowest BCUT2D eigenvalue weighted by atomic mass is 9.68. The van der Waals surface area contributed by atoms with E-state index < -0.39 is 59.4 Å². The van der Waals surface area contributed by atoms with Crippen molar-refractivity contribution in [2.24, 2.45) is 35.5 Å². The van der Waals surface area contributed by atoms with Gasteiger partial charge in [0.1, 0.15) is 0 Å². The van der Waals surface area contributed by atoms with Crippen molar-refractivity contribution in [1.29, 1.82) is 0 Å². The minimum atomic E-state index is -1.18. The number of carboxylic acid groups (broad SMARTS) is 1. The molecule has 2 aliphatic carbocycles. The van der Waals surface area contributed by atoms with Crippen molar-refractivity contribution < 1.29 is 38.5 Å². The van der Waals surface area contributed by atoms with Gasteiger partial charge in [0.15, 0.2) is 0 Å². The molecule has 122 valence electrons. The van der Waals surface area contributed by atoms with Gasteiger partial charge in [0.05, 0.1) is 45.0 Å². The fraction of sp³-hybridized carbons (Fsp3) is 0.714. The van der Waals surface area contributed by atoms with E-state index in [-0.39, 0.29) is 6.42 Å². The van der Waals surface area contributed by atoms with Crippen LogP contribution in [0.5, 0.6) is 0 Å². The molecule has 0 heterocycles. The van der Waals surface area contributed by atoms with Crippen molar-refractivity contribution in [2.45, 2.75) is 6.42 Å². The molecule has 6 unspecified atom stereocenters. The summed E-state index contributed by atoms with van der Waals surface area (Å²) in [7, 11) is 3.53. The molecule has 8 heteroatoms. The third kappa shape index (κ3) is 2.22. The third-order valence-corrected chi connectivity index (χ3v) is 4.87. The third-order valence-electron chi connectivity index (χ3n) is 4.87. The fourth-order valence-corrected chi connectivity index (χ4v) is 4.12. The van der Waals surface area contributed by atoms with Crippen molar-refractivity contribution in [1.82, 2.24) is 0 Å². The smallest absolute Gasteiger partial charge is 0.309 e. The van der Waals surface area contributed by atoms with Gasteiger partial charge in [-0.25, -0.2) is 0 Å². The molecule has 2 saturated carbocycles. The second-order valence-electron chi connectivity index (χ2n) is 5.57. The summed E-state index contributed by atoms with van der Waals surface area (Å²) in [5.74, 6) is -8.24. The van der Waals surface area contributed by atoms with Gasteiger partial charge < -0.3 is 19.3 Å². The van der Waals surface area contributed by atoms with E-state index >= 15 is 0 Å². The van der Waals surface area contributed by atoms with Crippen LogP contribution in [0.15, 0.2) is 0 Å².